The summed E-state index contributed by atoms with van der Waals surface area (Å²) in [4.78, 5) is 4.44. The first-order valence-electron chi connectivity index (χ1n) is 7.69. The minimum absolute atomic E-state index is 0.435. The largest absolute Gasteiger partial charge is 0.493 e. The molecule has 1 N–H and O–H groups in total. The molecule has 1 aromatic heterocycles. The Morgan fingerprint density at radius 2 is 2.33 bits per heavy atom. The molecule has 0 aliphatic carbocycles. The molecule has 2 heterocycles. The van der Waals surface area contributed by atoms with Gasteiger partial charge in [-0.05, 0) is 31.0 Å². The highest BCUT2D eigenvalue weighted by molar-refractivity contribution is 7.09. The third kappa shape index (κ3) is 3.63. The van der Waals surface area contributed by atoms with Gasteiger partial charge in [0, 0.05) is 30.0 Å². The third-order valence-electron chi connectivity index (χ3n) is 4.01. The molecule has 4 heteroatoms. The normalized spacial score (nSPS) is 18.8. The predicted molar refractivity (Wildman–Crippen MR) is 87.0 cm³/mol. The van der Waals surface area contributed by atoms with Crippen molar-refractivity contribution in [2.75, 3.05) is 13.2 Å². The van der Waals surface area contributed by atoms with Crippen LogP contribution in [0.4, 0.5) is 0 Å². The molecule has 1 aliphatic heterocycles. The van der Waals surface area contributed by atoms with E-state index >= 15 is 0 Å². The maximum absolute atomic E-state index is 5.96. The fourth-order valence-corrected chi connectivity index (χ4v) is 3.56. The maximum atomic E-state index is 5.96. The van der Waals surface area contributed by atoms with E-state index in [-0.39, 0.29) is 0 Å². The topological polar surface area (TPSA) is 34.2 Å². The second kappa shape index (κ2) is 7.05. The van der Waals surface area contributed by atoms with Crippen molar-refractivity contribution >= 4 is 11.3 Å². The Bertz CT molecular complexity index is 556. The van der Waals surface area contributed by atoms with E-state index in [1.54, 1.807) is 11.3 Å². The molecule has 0 saturated heterocycles. The lowest BCUT2D eigenvalue weighted by Gasteiger charge is -2.32. The van der Waals surface area contributed by atoms with Crippen LogP contribution in [0.2, 0.25) is 0 Å². The Labute approximate surface area is 130 Å². The zero-order chi connectivity index (χ0) is 14.5. The average molecular weight is 302 g/mol. The Morgan fingerprint density at radius 1 is 1.43 bits per heavy atom. The Hall–Kier alpha value is -1.39. The first-order valence-corrected chi connectivity index (χ1v) is 8.57. The molecule has 0 saturated carbocycles. The molecule has 2 unspecified atom stereocenters. The van der Waals surface area contributed by atoms with Crippen LogP contribution in [0.25, 0.3) is 0 Å². The van der Waals surface area contributed by atoms with Crippen LogP contribution < -0.4 is 10.1 Å². The summed E-state index contributed by atoms with van der Waals surface area (Å²) in [5, 5.41) is 6.96. The SMILES string of the molecule is CCCNC(Cc1nccs1)C1COc2ccccc2C1. The van der Waals surface area contributed by atoms with Crippen LogP contribution >= 0.6 is 11.3 Å². The number of para-hydroxylation sites is 1. The quantitative estimate of drug-likeness (QED) is 0.889. The summed E-state index contributed by atoms with van der Waals surface area (Å²) in [6.07, 6.45) is 5.12. The standard InChI is InChI=1S/C17H22N2OS/c1-2-7-18-15(11-17-19-8-9-21-17)14-10-13-5-3-4-6-16(13)20-12-14/h3-6,8-9,14-15,18H,2,7,10-12H2,1H3. The van der Waals surface area contributed by atoms with Gasteiger partial charge in [-0.1, -0.05) is 25.1 Å². The van der Waals surface area contributed by atoms with Gasteiger partial charge in [0.1, 0.15) is 5.75 Å². The molecular formula is C17H22N2OS. The van der Waals surface area contributed by atoms with Crippen LogP contribution in [0.15, 0.2) is 35.8 Å². The number of hydrogen-bond donors (Lipinski definition) is 1. The summed E-state index contributed by atoms with van der Waals surface area (Å²) >= 11 is 1.74. The van der Waals surface area contributed by atoms with E-state index in [1.165, 1.54) is 10.6 Å². The number of fused-ring (bicyclic) bond motifs is 1. The van der Waals surface area contributed by atoms with Crippen molar-refractivity contribution < 1.29 is 4.74 Å². The molecule has 2 atom stereocenters. The van der Waals surface area contributed by atoms with Gasteiger partial charge >= 0.3 is 0 Å². The highest BCUT2D eigenvalue weighted by Gasteiger charge is 2.27. The number of rotatable bonds is 6. The molecule has 1 aromatic carbocycles. The van der Waals surface area contributed by atoms with Crippen molar-refractivity contribution in [2.24, 2.45) is 5.92 Å². The van der Waals surface area contributed by atoms with E-state index in [9.17, 15) is 0 Å². The first-order chi connectivity index (χ1) is 10.4. The van der Waals surface area contributed by atoms with Gasteiger partial charge in [0.2, 0.25) is 0 Å². The van der Waals surface area contributed by atoms with E-state index in [4.69, 9.17) is 4.74 Å². The van der Waals surface area contributed by atoms with Crippen LogP contribution in [0.1, 0.15) is 23.9 Å². The number of benzene rings is 1. The number of nitrogens with one attached hydrogen (secondary N) is 1. The van der Waals surface area contributed by atoms with Gasteiger partial charge in [0.05, 0.1) is 11.6 Å². The van der Waals surface area contributed by atoms with E-state index < -0.39 is 0 Å². The molecule has 0 amide bonds. The second-order valence-electron chi connectivity index (χ2n) is 5.57. The summed E-state index contributed by atoms with van der Waals surface area (Å²) in [6, 6.07) is 8.83. The molecule has 0 spiro atoms. The number of nitrogens with zero attached hydrogens (tertiary/aromatic N) is 1. The van der Waals surface area contributed by atoms with Gasteiger partial charge in [0.25, 0.3) is 0 Å². The highest BCUT2D eigenvalue weighted by atomic mass is 32.1. The van der Waals surface area contributed by atoms with E-state index in [0.29, 0.717) is 12.0 Å². The molecular weight excluding hydrogens is 280 g/mol. The molecule has 0 radical (unpaired) electrons. The Kier molecular flexibility index (Phi) is 4.88. The van der Waals surface area contributed by atoms with Crippen LogP contribution in [0.5, 0.6) is 5.75 Å². The van der Waals surface area contributed by atoms with Crippen molar-refractivity contribution in [2.45, 2.75) is 32.2 Å². The smallest absolute Gasteiger partial charge is 0.122 e. The predicted octanol–water partition coefficient (Wildman–Crippen LogP) is 3.31. The zero-order valence-electron chi connectivity index (χ0n) is 12.4. The summed E-state index contributed by atoms with van der Waals surface area (Å²) in [5.41, 5.74) is 1.33. The van der Waals surface area contributed by atoms with Crippen LogP contribution in [0.3, 0.4) is 0 Å². The number of ether oxygens (including phenoxy) is 1. The van der Waals surface area contributed by atoms with Gasteiger partial charge in [-0.3, -0.25) is 0 Å². The minimum atomic E-state index is 0.435. The van der Waals surface area contributed by atoms with Crippen molar-refractivity contribution in [3.63, 3.8) is 0 Å². The summed E-state index contributed by atoms with van der Waals surface area (Å²) in [7, 11) is 0. The first kappa shape index (κ1) is 14.5. The monoisotopic (exact) mass is 302 g/mol. The lowest BCUT2D eigenvalue weighted by atomic mass is 9.88. The maximum Gasteiger partial charge on any atom is 0.122 e. The summed E-state index contributed by atoms with van der Waals surface area (Å²) in [6.45, 7) is 4.05. The van der Waals surface area contributed by atoms with E-state index in [0.717, 1.165) is 38.2 Å². The summed E-state index contributed by atoms with van der Waals surface area (Å²) < 4.78 is 5.96. The number of hydrogen-bond acceptors (Lipinski definition) is 4. The zero-order valence-corrected chi connectivity index (χ0v) is 13.2. The average Bonchev–Trinajstić information content (AvgIpc) is 3.04. The molecule has 3 rings (SSSR count). The molecule has 2 aromatic rings. The fourth-order valence-electron chi connectivity index (χ4n) is 2.89. The number of thiazole rings is 1. The van der Waals surface area contributed by atoms with Crippen molar-refractivity contribution in [3.8, 4) is 5.75 Å². The van der Waals surface area contributed by atoms with Crippen molar-refractivity contribution in [3.05, 3.63) is 46.4 Å². The fraction of sp³-hybridized carbons (Fsp3) is 0.471. The lowest BCUT2D eigenvalue weighted by Crippen LogP contribution is -2.43. The Morgan fingerprint density at radius 3 is 3.14 bits per heavy atom. The summed E-state index contributed by atoms with van der Waals surface area (Å²) in [5.74, 6) is 1.56. The van der Waals surface area contributed by atoms with Gasteiger partial charge < -0.3 is 10.1 Å². The van der Waals surface area contributed by atoms with E-state index in [1.807, 2.05) is 12.3 Å². The van der Waals surface area contributed by atoms with Crippen LogP contribution in [-0.2, 0) is 12.8 Å². The van der Waals surface area contributed by atoms with Gasteiger partial charge in [-0.25, -0.2) is 4.98 Å². The van der Waals surface area contributed by atoms with E-state index in [2.05, 4.69) is 40.8 Å². The van der Waals surface area contributed by atoms with Crippen molar-refractivity contribution in [1.82, 2.24) is 10.3 Å². The third-order valence-corrected chi connectivity index (χ3v) is 4.81. The van der Waals surface area contributed by atoms with Gasteiger partial charge in [0.15, 0.2) is 0 Å². The Balaban J connectivity index is 1.71. The van der Waals surface area contributed by atoms with Crippen LogP contribution in [-0.4, -0.2) is 24.2 Å². The molecule has 1 aliphatic rings. The lowest BCUT2D eigenvalue weighted by molar-refractivity contribution is 0.183. The number of aromatic nitrogens is 1. The molecule has 3 nitrogen and oxygen atoms in total. The van der Waals surface area contributed by atoms with Crippen molar-refractivity contribution in [1.29, 1.82) is 0 Å². The minimum Gasteiger partial charge on any atom is -0.493 e. The second-order valence-corrected chi connectivity index (χ2v) is 6.55. The highest BCUT2D eigenvalue weighted by Crippen LogP contribution is 2.29. The van der Waals surface area contributed by atoms with Gasteiger partial charge in [-0.2, -0.15) is 0 Å². The molecule has 112 valence electrons. The molecule has 0 fully saturated rings. The van der Waals surface area contributed by atoms with Crippen LogP contribution in [0, 0.1) is 5.92 Å². The molecule has 0 bridgehead atoms. The molecule has 21 heavy (non-hydrogen) atoms. The van der Waals surface area contributed by atoms with Gasteiger partial charge in [-0.15, -0.1) is 11.3 Å².